The summed E-state index contributed by atoms with van der Waals surface area (Å²) in [6.07, 6.45) is 8.29. The van der Waals surface area contributed by atoms with Crippen LogP contribution >= 0.6 is 0 Å². The van der Waals surface area contributed by atoms with Crippen LogP contribution in [0.3, 0.4) is 0 Å². The lowest BCUT2D eigenvalue weighted by Gasteiger charge is -2.56. The van der Waals surface area contributed by atoms with Crippen LogP contribution in [0.2, 0.25) is 0 Å². The third kappa shape index (κ3) is 2.17. The molecule has 0 aromatic carbocycles. The molecule has 0 N–H and O–H groups in total. The van der Waals surface area contributed by atoms with E-state index in [1.807, 2.05) is 0 Å². The number of fused-ring (bicyclic) bond motifs is 3. The minimum Gasteiger partial charge on any atom is -0.492 e. The molecule has 2 aliphatic heterocycles. The number of allylic oxidation sites excluding steroid dienone is 3. The van der Waals surface area contributed by atoms with Crippen LogP contribution in [-0.2, 0) is 4.74 Å². The average Bonchev–Trinajstić information content (AvgIpc) is 2.22. The van der Waals surface area contributed by atoms with Crippen LogP contribution in [0, 0.1) is 11.3 Å². The van der Waals surface area contributed by atoms with Gasteiger partial charge in [0.15, 0.2) is 0 Å². The topological polar surface area (TPSA) is 9.23 Å². The van der Waals surface area contributed by atoms with Gasteiger partial charge >= 0.3 is 0 Å². The van der Waals surface area contributed by atoms with E-state index in [0.717, 1.165) is 18.6 Å². The van der Waals surface area contributed by atoms with Gasteiger partial charge in [0.1, 0.15) is 5.60 Å². The van der Waals surface area contributed by atoms with E-state index >= 15 is 0 Å². The highest BCUT2D eigenvalue weighted by Crippen LogP contribution is 2.58. The van der Waals surface area contributed by atoms with Crippen LogP contribution in [0.4, 0.5) is 0 Å². The maximum Gasteiger partial charge on any atom is 0.109 e. The number of rotatable bonds is 3. The van der Waals surface area contributed by atoms with E-state index in [1.165, 1.54) is 24.8 Å². The molecule has 2 saturated heterocycles. The zero-order valence-corrected chi connectivity index (χ0v) is 11.8. The van der Waals surface area contributed by atoms with Gasteiger partial charge in [0.25, 0.3) is 0 Å². The van der Waals surface area contributed by atoms with Gasteiger partial charge in [-0.3, -0.25) is 0 Å². The first kappa shape index (κ1) is 12.7. The van der Waals surface area contributed by atoms with Crippen molar-refractivity contribution in [1.29, 1.82) is 0 Å². The van der Waals surface area contributed by atoms with Crippen molar-refractivity contribution >= 4 is 0 Å². The second kappa shape index (κ2) is 4.19. The van der Waals surface area contributed by atoms with Crippen LogP contribution < -0.4 is 0 Å². The van der Waals surface area contributed by atoms with Gasteiger partial charge in [0.2, 0.25) is 0 Å². The molecule has 3 atom stereocenters. The molecule has 96 valence electrons. The zero-order valence-electron chi connectivity index (χ0n) is 11.8. The molecular formula is C16H26O. The second-order valence-corrected chi connectivity index (χ2v) is 6.55. The van der Waals surface area contributed by atoms with Gasteiger partial charge in [0.05, 0.1) is 5.76 Å². The molecule has 2 bridgehead atoms. The third-order valence-electron chi connectivity index (χ3n) is 5.00. The van der Waals surface area contributed by atoms with Crippen LogP contribution in [-0.4, -0.2) is 5.60 Å². The maximum atomic E-state index is 6.20. The van der Waals surface area contributed by atoms with Gasteiger partial charge in [-0.15, -0.1) is 0 Å². The molecule has 0 radical (unpaired) electrons. The lowest BCUT2D eigenvalue weighted by atomic mass is 9.59. The Labute approximate surface area is 106 Å². The lowest BCUT2D eigenvalue weighted by Crippen LogP contribution is -2.52. The quantitative estimate of drug-likeness (QED) is 0.635. The molecule has 0 aromatic rings. The minimum atomic E-state index is 0.0974. The summed E-state index contributed by atoms with van der Waals surface area (Å²) in [5, 5.41) is 0. The van der Waals surface area contributed by atoms with Gasteiger partial charge < -0.3 is 4.74 Å². The molecule has 3 aliphatic rings. The summed E-state index contributed by atoms with van der Waals surface area (Å²) in [6.45, 7) is 13.2. The monoisotopic (exact) mass is 234 g/mol. The summed E-state index contributed by atoms with van der Waals surface area (Å²) in [4.78, 5) is 0. The Morgan fingerprint density at radius 2 is 2.18 bits per heavy atom. The average molecular weight is 234 g/mol. The van der Waals surface area contributed by atoms with Crippen molar-refractivity contribution in [2.45, 2.75) is 65.4 Å². The van der Waals surface area contributed by atoms with Crippen LogP contribution in [0.15, 0.2) is 24.0 Å². The molecule has 3 rings (SSSR count). The van der Waals surface area contributed by atoms with Crippen LogP contribution in [0.5, 0.6) is 0 Å². The molecule has 17 heavy (non-hydrogen) atoms. The Bertz CT molecular complexity index is 351. The van der Waals surface area contributed by atoms with Crippen molar-refractivity contribution < 1.29 is 4.74 Å². The fraction of sp³-hybridized carbons (Fsp3) is 0.750. The number of hydrogen-bond donors (Lipinski definition) is 0. The SMILES string of the molecule is C=C1OC2(CCC=C(C)C)CC[C@@]1(C)[C@H](C)C2. The molecule has 3 fully saturated rings. The largest absolute Gasteiger partial charge is 0.492 e. The molecule has 0 amide bonds. The number of hydrogen-bond acceptors (Lipinski definition) is 1. The van der Waals surface area contributed by atoms with E-state index in [2.05, 4.69) is 40.3 Å². The first-order chi connectivity index (χ1) is 7.88. The Morgan fingerprint density at radius 3 is 2.71 bits per heavy atom. The number of ether oxygens (including phenoxy) is 1. The van der Waals surface area contributed by atoms with Crippen molar-refractivity contribution in [2.24, 2.45) is 11.3 Å². The van der Waals surface area contributed by atoms with Gasteiger partial charge in [-0.25, -0.2) is 0 Å². The standard InChI is InChI=1S/C16H26O/c1-12(2)7-6-8-16-10-9-15(5,13(3)11-16)14(4)17-16/h7,13H,4,6,8-11H2,1-3,5H3/t13-,15+,16?/m1/s1. The van der Waals surface area contributed by atoms with E-state index in [-0.39, 0.29) is 11.0 Å². The summed E-state index contributed by atoms with van der Waals surface area (Å²) in [7, 11) is 0. The van der Waals surface area contributed by atoms with E-state index in [1.54, 1.807) is 0 Å². The lowest BCUT2D eigenvalue weighted by molar-refractivity contribution is -0.156. The molecule has 2 heterocycles. The first-order valence-corrected chi connectivity index (χ1v) is 6.90. The normalized spacial score (nSPS) is 40.0. The first-order valence-electron chi connectivity index (χ1n) is 6.90. The van der Waals surface area contributed by atoms with Crippen molar-refractivity contribution in [3.8, 4) is 0 Å². The smallest absolute Gasteiger partial charge is 0.109 e. The molecule has 1 unspecified atom stereocenters. The van der Waals surface area contributed by atoms with Gasteiger partial charge in [-0.2, -0.15) is 0 Å². The Kier molecular flexibility index (Phi) is 3.14. The Morgan fingerprint density at radius 1 is 1.47 bits per heavy atom. The molecule has 1 heteroatoms. The van der Waals surface area contributed by atoms with Crippen molar-refractivity contribution in [3.05, 3.63) is 24.0 Å². The highest BCUT2D eigenvalue weighted by molar-refractivity contribution is 5.16. The molecule has 1 saturated carbocycles. The Hall–Kier alpha value is -0.720. The fourth-order valence-electron chi connectivity index (χ4n) is 3.41. The molecule has 0 spiro atoms. The van der Waals surface area contributed by atoms with E-state index in [0.29, 0.717) is 5.92 Å². The predicted molar refractivity (Wildman–Crippen MR) is 72.7 cm³/mol. The molecule has 1 aliphatic carbocycles. The summed E-state index contributed by atoms with van der Waals surface area (Å²) in [6, 6.07) is 0. The van der Waals surface area contributed by atoms with E-state index < -0.39 is 0 Å². The fourth-order valence-corrected chi connectivity index (χ4v) is 3.41. The summed E-state index contributed by atoms with van der Waals surface area (Å²) in [5.74, 6) is 1.75. The van der Waals surface area contributed by atoms with Gasteiger partial charge in [-0.05, 0) is 51.9 Å². The van der Waals surface area contributed by atoms with E-state index in [4.69, 9.17) is 4.74 Å². The van der Waals surface area contributed by atoms with Crippen molar-refractivity contribution in [3.63, 3.8) is 0 Å². The highest BCUT2D eigenvalue weighted by atomic mass is 16.5. The summed E-state index contributed by atoms with van der Waals surface area (Å²) >= 11 is 0. The summed E-state index contributed by atoms with van der Waals surface area (Å²) in [5.41, 5.74) is 1.74. The predicted octanol–water partition coefficient (Wildman–Crippen LogP) is 4.84. The van der Waals surface area contributed by atoms with Crippen LogP contribution in [0.25, 0.3) is 0 Å². The summed E-state index contributed by atoms with van der Waals surface area (Å²) < 4.78 is 6.20. The van der Waals surface area contributed by atoms with Crippen molar-refractivity contribution in [2.75, 3.05) is 0 Å². The molecule has 1 nitrogen and oxygen atoms in total. The van der Waals surface area contributed by atoms with Crippen LogP contribution in [0.1, 0.15) is 59.8 Å². The maximum absolute atomic E-state index is 6.20. The highest BCUT2D eigenvalue weighted by Gasteiger charge is 2.53. The van der Waals surface area contributed by atoms with E-state index in [9.17, 15) is 0 Å². The van der Waals surface area contributed by atoms with Crippen molar-refractivity contribution in [1.82, 2.24) is 0 Å². The van der Waals surface area contributed by atoms with Gasteiger partial charge in [-0.1, -0.05) is 32.1 Å². The van der Waals surface area contributed by atoms with Gasteiger partial charge in [0, 0.05) is 5.41 Å². The minimum absolute atomic E-state index is 0.0974. The molecular weight excluding hydrogens is 208 g/mol. The third-order valence-corrected chi connectivity index (χ3v) is 5.00. The zero-order chi connectivity index (χ0) is 12.7. The second-order valence-electron chi connectivity index (χ2n) is 6.55. The Balaban J connectivity index is 2.07. The molecule has 0 aromatic heterocycles.